The van der Waals surface area contributed by atoms with E-state index < -0.39 is 4.92 Å². The van der Waals surface area contributed by atoms with E-state index in [0.717, 1.165) is 37.4 Å². The normalized spacial score (nSPS) is 16.6. The van der Waals surface area contributed by atoms with Crippen LogP contribution in [0.2, 0.25) is 0 Å². The van der Waals surface area contributed by atoms with Crippen LogP contribution in [0.5, 0.6) is 0 Å². The first-order valence-electron chi connectivity index (χ1n) is 8.93. The highest BCUT2D eigenvalue weighted by Crippen LogP contribution is 2.28. The highest BCUT2D eigenvalue weighted by Gasteiger charge is 2.26. The maximum absolute atomic E-state index is 11.1. The molecule has 0 bridgehead atoms. The van der Waals surface area contributed by atoms with Gasteiger partial charge < -0.3 is 9.47 Å². The van der Waals surface area contributed by atoms with Crippen LogP contribution in [-0.4, -0.2) is 37.0 Å². The number of nitro benzene ring substituents is 1. The number of rotatable bonds is 5. The van der Waals surface area contributed by atoms with E-state index in [2.05, 4.69) is 19.4 Å². The number of benzene rings is 1. The van der Waals surface area contributed by atoms with Gasteiger partial charge in [0, 0.05) is 61.0 Å². The Labute approximate surface area is 156 Å². The Morgan fingerprint density at radius 3 is 2.96 bits per heavy atom. The van der Waals surface area contributed by atoms with Crippen molar-refractivity contribution in [2.75, 3.05) is 11.4 Å². The number of aromatic nitrogens is 4. The van der Waals surface area contributed by atoms with Gasteiger partial charge >= 0.3 is 0 Å². The lowest BCUT2D eigenvalue weighted by Crippen LogP contribution is -2.33. The third kappa shape index (κ3) is 3.64. The van der Waals surface area contributed by atoms with Crippen molar-refractivity contribution in [1.29, 1.82) is 0 Å². The standard InChI is InChI=1S/C19H20N6O2/c1-14-10-18(24-8-3-6-17(24)12-23-9-7-20-13-23)22-19(21-14)15-4-2-5-16(11-15)25(26)27/h2,4-5,7,9-11,13,17H,3,6,8,12H2,1H3. The van der Waals surface area contributed by atoms with Crippen molar-refractivity contribution in [3.63, 3.8) is 0 Å². The van der Waals surface area contributed by atoms with E-state index in [4.69, 9.17) is 4.98 Å². The Morgan fingerprint density at radius 1 is 1.30 bits per heavy atom. The van der Waals surface area contributed by atoms with E-state index in [1.54, 1.807) is 18.3 Å². The maximum Gasteiger partial charge on any atom is 0.270 e. The predicted molar refractivity (Wildman–Crippen MR) is 101 cm³/mol. The van der Waals surface area contributed by atoms with Crippen molar-refractivity contribution in [2.24, 2.45) is 0 Å². The lowest BCUT2D eigenvalue weighted by molar-refractivity contribution is -0.384. The average Bonchev–Trinajstić information content (AvgIpc) is 3.34. The summed E-state index contributed by atoms with van der Waals surface area (Å²) in [6.07, 6.45) is 7.78. The van der Waals surface area contributed by atoms with E-state index in [0.29, 0.717) is 17.4 Å². The number of imidazole rings is 1. The fourth-order valence-corrected chi connectivity index (χ4v) is 3.55. The highest BCUT2D eigenvalue weighted by atomic mass is 16.6. The van der Waals surface area contributed by atoms with Gasteiger partial charge in [0.1, 0.15) is 5.82 Å². The topological polar surface area (TPSA) is 90.0 Å². The Morgan fingerprint density at radius 2 is 2.19 bits per heavy atom. The quantitative estimate of drug-likeness (QED) is 0.510. The van der Waals surface area contributed by atoms with Gasteiger partial charge in [-0.15, -0.1) is 0 Å². The molecule has 1 atom stereocenters. The minimum atomic E-state index is -0.401. The molecule has 8 nitrogen and oxygen atoms in total. The van der Waals surface area contributed by atoms with Crippen LogP contribution in [-0.2, 0) is 6.54 Å². The molecule has 2 aromatic heterocycles. The van der Waals surface area contributed by atoms with Crippen molar-refractivity contribution in [3.05, 3.63) is 64.9 Å². The minimum Gasteiger partial charge on any atom is -0.352 e. The second kappa shape index (κ2) is 7.14. The number of nitro groups is 1. The minimum absolute atomic E-state index is 0.0401. The maximum atomic E-state index is 11.1. The smallest absolute Gasteiger partial charge is 0.270 e. The zero-order valence-electron chi connectivity index (χ0n) is 15.0. The van der Waals surface area contributed by atoms with Crippen LogP contribution in [0.15, 0.2) is 49.1 Å². The summed E-state index contributed by atoms with van der Waals surface area (Å²) in [7, 11) is 0. The van der Waals surface area contributed by atoms with Crippen LogP contribution >= 0.6 is 0 Å². The molecule has 0 aliphatic carbocycles. The number of hydrogen-bond acceptors (Lipinski definition) is 6. The van der Waals surface area contributed by atoms with Gasteiger partial charge in [0.2, 0.25) is 0 Å². The van der Waals surface area contributed by atoms with Gasteiger partial charge in [0.15, 0.2) is 5.82 Å². The zero-order valence-corrected chi connectivity index (χ0v) is 15.0. The molecule has 3 heterocycles. The Kier molecular flexibility index (Phi) is 4.53. The second-order valence-electron chi connectivity index (χ2n) is 6.75. The van der Waals surface area contributed by atoms with E-state index >= 15 is 0 Å². The van der Waals surface area contributed by atoms with Gasteiger partial charge in [-0.25, -0.2) is 15.0 Å². The van der Waals surface area contributed by atoms with Gasteiger partial charge in [0.25, 0.3) is 5.69 Å². The van der Waals surface area contributed by atoms with Gasteiger partial charge in [-0.05, 0) is 19.8 Å². The van der Waals surface area contributed by atoms with Crippen molar-refractivity contribution in [1.82, 2.24) is 19.5 Å². The molecule has 0 amide bonds. The lowest BCUT2D eigenvalue weighted by atomic mass is 10.2. The summed E-state index contributed by atoms with van der Waals surface area (Å²) >= 11 is 0. The molecule has 1 aliphatic rings. The zero-order chi connectivity index (χ0) is 18.8. The van der Waals surface area contributed by atoms with Crippen LogP contribution in [0.1, 0.15) is 18.5 Å². The van der Waals surface area contributed by atoms with E-state index in [-0.39, 0.29) is 5.69 Å². The van der Waals surface area contributed by atoms with E-state index in [9.17, 15) is 10.1 Å². The first-order valence-corrected chi connectivity index (χ1v) is 8.93. The van der Waals surface area contributed by atoms with Gasteiger partial charge in [-0.3, -0.25) is 10.1 Å². The predicted octanol–water partition coefficient (Wildman–Crippen LogP) is 3.23. The second-order valence-corrected chi connectivity index (χ2v) is 6.75. The first kappa shape index (κ1) is 17.1. The van der Waals surface area contributed by atoms with Crippen LogP contribution in [0, 0.1) is 17.0 Å². The van der Waals surface area contributed by atoms with Crippen LogP contribution in [0.25, 0.3) is 11.4 Å². The molecule has 4 rings (SSSR count). The molecule has 27 heavy (non-hydrogen) atoms. The summed E-state index contributed by atoms with van der Waals surface area (Å²) < 4.78 is 2.08. The molecule has 1 aliphatic heterocycles. The SMILES string of the molecule is Cc1cc(N2CCCC2Cn2ccnc2)nc(-c2cccc([N+](=O)[O-])c2)n1. The highest BCUT2D eigenvalue weighted by molar-refractivity contribution is 5.61. The summed E-state index contributed by atoms with van der Waals surface area (Å²) in [5.74, 6) is 1.38. The molecule has 138 valence electrons. The van der Waals surface area contributed by atoms with E-state index in [1.165, 1.54) is 12.1 Å². The van der Waals surface area contributed by atoms with Gasteiger partial charge in [-0.2, -0.15) is 0 Å². The Balaban J connectivity index is 1.66. The third-order valence-corrected chi connectivity index (χ3v) is 4.81. The molecule has 0 saturated carbocycles. The lowest BCUT2D eigenvalue weighted by Gasteiger charge is -2.26. The molecule has 0 spiro atoms. The van der Waals surface area contributed by atoms with Gasteiger partial charge in [-0.1, -0.05) is 12.1 Å². The molecule has 0 N–H and O–H groups in total. The van der Waals surface area contributed by atoms with Crippen LogP contribution in [0.3, 0.4) is 0 Å². The summed E-state index contributed by atoms with van der Waals surface area (Å²) in [4.78, 5) is 26.3. The third-order valence-electron chi connectivity index (χ3n) is 4.81. The number of anilines is 1. The molecular weight excluding hydrogens is 344 g/mol. The average molecular weight is 364 g/mol. The molecule has 1 unspecified atom stereocenters. The molecule has 8 heteroatoms. The van der Waals surface area contributed by atoms with Crippen molar-refractivity contribution < 1.29 is 4.92 Å². The molecule has 1 aromatic carbocycles. The number of hydrogen-bond donors (Lipinski definition) is 0. The Bertz CT molecular complexity index is 957. The first-order chi connectivity index (χ1) is 13.1. The fraction of sp³-hybridized carbons (Fsp3) is 0.316. The van der Waals surface area contributed by atoms with E-state index in [1.807, 2.05) is 25.5 Å². The van der Waals surface area contributed by atoms with Crippen molar-refractivity contribution >= 4 is 11.5 Å². The monoisotopic (exact) mass is 364 g/mol. The Hall–Kier alpha value is -3.29. The van der Waals surface area contributed by atoms with Crippen molar-refractivity contribution in [3.8, 4) is 11.4 Å². The summed E-state index contributed by atoms with van der Waals surface area (Å²) in [5.41, 5.74) is 1.53. The molecular formula is C19H20N6O2. The van der Waals surface area contributed by atoms with Crippen LogP contribution in [0.4, 0.5) is 11.5 Å². The van der Waals surface area contributed by atoms with Gasteiger partial charge in [0.05, 0.1) is 11.3 Å². The summed E-state index contributed by atoms with van der Waals surface area (Å²) in [5, 5.41) is 11.1. The van der Waals surface area contributed by atoms with Crippen LogP contribution < -0.4 is 4.90 Å². The number of nitrogens with zero attached hydrogens (tertiary/aromatic N) is 6. The summed E-state index contributed by atoms with van der Waals surface area (Å²) in [6, 6.07) is 8.78. The van der Waals surface area contributed by atoms with Crippen molar-refractivity contribution in [2.45, 2.75) is 32.4 Å². The number of non-ortho nitro benzene ring substituents is 1. The largest absolute Gasteiger partial charge is 0.352 e. The molecule has 0 radical (unpaired) electrons. The molecule has 1 saturated heterocycles. The summed E-state index contributed by atoms with van der Waals surface area (Å²) in [6.45, 7) is 3.71. The number of aryl methyl sites for hydroxylation is 1. The molecule has 1 fully saturated rings. The molecule has 3 aromatic rings. The fourth-order valence-electron chi connectivity index (χ4n) is 3.55.